The van der Waals surface area contributed by atoms with Gasteiger partial charge in [0.15, 0.2) is 0 Å². The van der Waals surface area contributed by atoms with E-state index < -0.39 is 14.0 Å². The third-order valence-electron chi connectivity index (χ3n) is 13.4. The van der Waals surface area contributed by atoms with Crippen LogP contribution in [0.3, 0.4) is 0 Å². The average molecular weight is 1050 g/mol. The number of ether oxygens (including phenoxy) is 1. The van der Waals surface area contributed by atoms with Crippen LogP contribution in [0.1, 0.15) is 33.2 Å². The van der Waals surface area contributed by atoms with Gasteiger partial charge in [-0.1, -0.05) is 116 Å². The minimum Gasteiger partial charge on any atom is -0.509 e. The number of nitrogens with zero attached hydrogens (tertiary/aromatic N) is 6. The van der Waals surface area contributed by atoms with E-state index in [0.29, 0.717) is 61.4 Å². The fourth-order valence-corrected chi connectivity index (χ4v) is 10.1. The molecule has 12 aromatic rings. The number of para-hydroxylation sites is 5. The van der Waals surface area contributed by atoms with Gasteiger partial charge in [-0.3, -0.25) is 0 Å². The van der Waals surface area contributed by atoms with Gasteiger partial charge in [0.2, 0.25) is 0 Å². The molecule has 4 aromatic heterocycles. The maximum atomic E-state index is 8.95. The number of fused-ring (bicyclic) bond motifs is 10. The Kier molecular flexibility index (Phi) is 8.03. The van der Waals surface area contributed by atoms with Crippen LogP contribution in [0.15, 0.2) is 182 Å². The Labute approximate surface area is 411 Å². The fraction of sp³-hybridized carbons (Fsp3) is 0.0847. The van der Waals surface area contributed by atoms with Gasteiger partial charge < -0.3 is 28.2 Å². The SMILES string of the molecule is [2H]C([2H])([2H])n1c2ccccc2c2cc3c4ccccc4n(C([2H])([2H])[2H])c3c(N3[CH-]N(c4[c-]c(Oc5[c-]c6c(cc5)c5ccccc5n6-c5cc(C(C)(C)c6ccccc6)ccn5)ccc4)c4ccccc43)c21.[Pt]. The molecule has 7 nitrogen and oxygen atoms in total. The van der Waals surface area contributed by atoms with Crippen LogP contribution in [0.4, 0.5) is 22.7 Å². The van der Waals surface area contributed by atoms with Gasteiger partial charge >= 0.3 is 0 Å². The van der Waals surface area contributed by atoms with Crippen molar-refractivity contribution in [1.29, 1.82) is 0 Å². The van der Waals surface area contributed by atoms with Crippen molar-refractivity contribution in [2.75, 3.05) is 9.80 Å². The Bertz CT molecular complexity index is 4050. The normalized spacial score (nSPS) is 14.5. The van der Waals surface area contributed by atoms with E-state index >= 15 is 0 Å². The topological polar surface area (TPSA) is 43.4 Å². The molecule has 0 radical (unpaired) electrons. The first-order valence-corrected chi connectivity index (χ1v) is 22.0. The van der Waals surface area contributed by atoms with Gasteiger partial charge in [-0.25, -0.2) is 4.98 Å². The van der Waals surface area contributed by atoms with Crippen LogP contribution in [0.5, 0.6) is 11.5 Å². The van der Waals surface area contributed by atoms with Crippen molar-refractivity contribution in [3.63, 3.8) is 0 Å². The summed E-state index contributed by atoms with van der Waals surface area (Å²) < 4.78 is 65.3. The number of hydrogen-bond acceptors (Lipinski definition) is 4. The van der Waals surface area contributed by atoms with Crippen molar-refractivity contribution in [3.8, 4) is 17.3 Å². The molecule has 8 heteroatoms. The van der Waals surface area contributed by atoms with Gasteiger partial charge in [0.05, 0.1) is 16.7 Å². The van der Waals surface area contributed by atoms with Crippen LogP contribution >= 0.6 is 0 Å². The molecule has 0 fully saturated rings. The maximum absolute atomic E-state index is 8.95. The Hall–Kier alpha value is -7.60. The van der Waals surface area contributed by atoms with Gasteiger partial charge in [-0.05, 0) is 65.0 Å². The van der Waals surface area contributed by atoms with E-state index in [1.54, 1.807) is 12.1 Å². The number of rotatable bonds is 7. The van der Waals surface area contributed by atoms with Crippen molar-refractivity contribution in [2.24, 2.45) is 14.0 Å². The van der Waals surface area contributed by atoms with Crippen molar-refractivity contribution in [3.05, 3.63) is 212 Å². The third kappa shape index (κ3) is 6.18. The molecular formula is C59H43N6OPt-3. The molecule has 5 heterocycles. The molecule has 0 bridgehead atoms. The van der Waals surface area contributed by atoms with E-state index in [4.69, 9.17) is 17.9 Å². The molecule has 0 saturated heterocycles. The molecule has 0 aliphatic carbocycles. The molecule has 0 unspecified atom stereocenters. The second-order valence-electron chi connectivity index (χ2n) is 17.4. The summed E-state index contributed by atoms with van der Waals surface area (Å²) in [6.07, 6.45) is 1.87. The third-order valence-corrected chi connectivity index (χ3v) is 13.4. The Morgan fingerprint density at radius 3 is 1.82 bits per heavy atom. The average Bonchev–Trinajstić information content (AvgIpc) is 4.13. The molecule has 13 rings (SSSR count). The summed E-state index contributed by atoms with van der Waals surface area (Å²) in [4.78, 5) is 8.81. The predicted octanol–water partition coefficient (Wildman–Crippen LogP) is 14.6. The van der Waals surface area contributed by atoms with Crippen LogP contribution in [-0.2, 0) is 40.4 Å². The van der Waals surface area contributed by atoms with E-state index in [2.05, 4.69) is 85.1 Å². The van der Waals surface area contributed by atoms with Crippen LogP contribution in [-0.4, -0.2) is 18.7 Å². The number of pyridine rings is 1. The summed E-state index contributed by atoms with van der Waals surface area (Å²) in [6.45, 7) is 1.08. The zero-order valence-corrected chi connectivity index (χ0v) is 38.6. The zero-order valence-electron chi connectivity index (χ0n) is 42.3. The predicted molar refractivity (Wildman–Crippen MR) is 271 cm³/mol. The van der Waals surface area contributed by atoms with E-state index in [-0.39, 0.29) is 26.5 Å². The fourth-order valence-electron chi connectivity index (χ4n) is 10.1. The van der Waals surface area contributed by atoms with Crippen LogP contribution in [0.25, 0.3) is 71.2 Å². The van der Waals surface area contributed by atoms with Crippen molar-refractivity contribution < 1.29 is 34.0 Å². The summed E-state index contributed by atoms with van der Waals surface area (Å²) in [5, 5.41) is 4.94. The van der Waals surface area contributed by atoms with Crippen molar-refractivity contribution in [2.45, 2.75) is 19.3 Å². The smallest absolute Gasteiger partial charge is 0.135 e. The van der Waals surface area contributed by atoms with Crippen LogP contribution in [0.2, 0.25) is 0 Å². The minimum absolute atomic E-state index is 0. The van der Waals surface area contributed by atoms with E-state index in [0.717, 1.165) is 49.6 Å². The zero-order chi connectivity index (χ0) is 49.3. The Morgan fingerprint density at radius 1 is 0.537 bits per heavy atom. The second kappa shape index (κ2) is 15.5. The van der Waals surface area contributed by atoms with Gasteiger partial charge in [-0.2, -0.15) is 12.1 Å². The standard InChI is InChI=1S/C59H43N6O.Pt/c1-59(2,38-17-6-5-7-18-38)39-31-32-60-55(33-39)65-51-26-13-10-21-43(51)46-30-29-42(35-54(46)65)66-41-20-16-19-40(34-41)63-37-64(53-28-15-14-27-52(53)63)58-56-47(44-22-8-11-24-49(44)61(56)3)36-48-45-23-9-12-25-50(45)62(4)57(48)58;/h5-33,36-37H,1-4H3;/q-3;/i3D3,4D3;. The first-order valence-electron chi connectivity index (χ1n) is 25.0. The van der Waals surface area contributed by atoms with Crippen molar-refractivity contribution in [1.82, 2.24) is 18.7 Å². The monoisotopic (exact) mass is 1050 g/mol. The number of benzene rings is 8. The maximum Gasteiger partial charge on any atom is 0.135 e. The number of anilines is 4. The Balaban J connectivity index is 0.00000543. The van der Waals surface area contributed by atoms with Crippen molar-refractivity contribution >= 4 is 88.2 Å². The molecule has 1 aliphatic heterocycles. The second-order valence-corrected chi connectivity index (χ2v) is 17.4. The summed E-state index contributed by atoms with van der Waals surface area (Å²) in [6, 6.07) is 64.4. The van der Waals surface area contributed by atoms with Gasteiger partial charge in [0.1, 0.15) is 5.82 Å². The molecule has 0 atom stereocenters. The first-order chi connectivity index (χ1) is 34.8. The largest absolute Gasteiger partial charge is 0.509 e. The molecule has 0 spiro atoms. The molecule has 67 heavy (non-hydrogen) atoms. The molecule has 0 amide bonds. The van der Waals surface area contributed by atoms with Gasteiger partial charge in [0, 0.05) is 116 Å². The Morgan fingerprint density at radius 2 is 1.13 bits per heavy atom. The molecule has 1 aliphatic rings. The molecule has 8 aromatic carbocycles. The molecule has 0 saturated carbocycles. The van der Waals surface area contributed by atoms with E-state index in [1.807, 2.05) is 132 Å². The number of aromatic nitrogens is 4. The van der Waals surface area contributed by atoms with Gasteiger partial charge in [0.25, 0.3) is 0 Å². The van der Waals surface area contributed by atoms with Gasteiger partial charge in [-0.15, -0.1) is 48.1 Å². The molecule has 328 valence electrons. The van der Waals surface area contributed by atoms with Crippen LogP contribution < -0.4 is 14.5 Å². The quantitative estimate of drug-likeness (QED) is 0.149. The minimum atomic E-state index is -2.63. The first kappa shape index (κ1) is 34.7. The molecular weight excluding hydrogens is 1000 g/mol. The summed E-state index contributed by atoms with van der Waals surface area (Å²) >= 11 is 0. The number of aryl methyl sites for hydroxylation is 2. The summed E-state index contributed by atoms with van der Waals surface area (Å²) in [5.74, 6) is 1.69. The molecule has 0 N–H and O–H groups in total. The summed E-state index contributed by atoms with van der Waals surface area (Å²) in [5.41, 5.74) is 8.20. The number of hydrogen-bond donors (Lipinski definition) is 0. The van der Waals surface area contributed by atoms with E-state index in [9.17, 15) is 0 Å². The summed E-state index contributed by atoms with van der Waals surface area (Å²) in [7, 11) is 0. The van der Waals surface area contributed by atoms with E-state index in [1.165, 1.54) is 14.7 Å². The van der Waals surface area contributed by atoms with Crippen LogP contribution in [0, 0.1) is 18.8 Å².